The third-order valence-electron chi connectivity index (χ3n) is 6.91. The number of benzene rings is 1. The van der Waals surface area contributed by atoms with Crippen LogP contribution < -0.4 is 5.56 Å². The Morgan fingerprint density at radius 2 is 2.14 bits per heavy atom. The molecular weight excluding hydrogens is 352 g/mol. The quantitative estimate of drug-likeness (QED) is 0.886. The van der Waals surface area contributed by atoms with Crippen LogP contribution in [0.3, 0.4) is 0 Å². The van der Waals surface area contributed by atoms with Crippen LogP contribution in [0.1, 0.15) is 36.1 Å². The van der Waals surface area contributed by atoms with E-state index in [9.17, 15) is 9.59 Å². The van der Waals surface area contributed by atoms with Crippen LogP contribution in [0.2, 0.25) is 0 Å². The lowest BCUT2D eigenvalue weighted by atomic mass is 9.79. The number of hydrogen-bond acceptors (Lipinski definition) is 4. The first-order chi connectivity index (χ1) is 13.7. The molecule has 3 aliphatic rings. The number of rotatable bonds is 3. The molecule has 0 unspecified atom stereocenters. The zero-order valence-corrected chi connectivity index (χ0v) is 16.1. The zero-order chi connectivity index (χ0) is 19.1. The second-order valence-corrected chi connectivity index (χ2v) is 8.53. The molecule has 1 N–H and O–H groups in total. The van der Waals surface area contributed by atoms with Gasteiger partial charge in [-0.15, -0.1) is 0 Å². The summed E-state index contributed by atoms with van der Waals surface area (Å²) < 4.78 is 0. The van der Waals surface area contributed by atoms with E-state index >= 15 is 0 Å². The van der Waals surface area contributed by atoms with Crippen LogP contribution in [0.25, 0.3) is 0 Å². The lowest BCUT2D eigenvalue weighted by Gasteiger charge is -2.36. The van der Waals surface area contributed by atoms with Gasteiger partial charge in [0.2, 0.25) is 5.91 Å². The van der Waals surface area contributed by atoms with E-state index in [0.717, 1.165) is 50.2 Å². The minimum Gasteiger partial charge on any atom is -0.336 e. The van der Waals surface area contributed by atoms with Crippen LogP contribution in [0.5, 0.6) is 0 Å². The summed E-state index contributed by atoms with van der Waals surface area (Å²) in [6, 6.07) is 10.5. The molecule has 0 radical (unpaired) electrons. The van der Waals surface area contributed by atoms with Crippen molar-refractivity contribution < 1.29 is 4.79 Å². The highest BCUT2D eigenvalue weighted by Crippen LogP contribution is 2.50. The first kappa shape index (κ1) is 17.6. The highest BCUT2D eigenvalue weighted by Gasteiger charge is 2.55. The molecule has 2 aliphatic heterocycles. The number of nitrogens with zero attached hydrogens (tertiary/aromatic N) is 3. The maximum absolute atomic E-state index is 13.7. The standard InChI is InChI=1S/C22H26N4O2/c27-20-18-8-10-26(13-19(18)23-15-24-20)21(28)22-9-4-7-17(22)12-25(14-22)11-16-5-2-1-3-6-16/h1-3,5-6,15,17H,4,7-14H2,(H,23,24,27)/t17-,22-/m1/s1. The summed E-state index contributed by atoms with van der Waals surface area (Å²) in [6.07, 6.45) is 5.30. The number of fused-ring (bicyclic) bond motifs is 2. The smallest absolute Gasteiger partial charge is 0.254 e. The molecule has 6 nitrogen and oxygen atoms in total. The normalized spacial score (nSPS) is 26.9. The van der Waals surface area contributed by atoms with Crippen molar-refractivity contribution in [2.75, 3.05) is 19.6 Å². The van der Waals surface area contributed by atoms with Crippen molar-refractivity contribution in [2.24, 2.45) is 11.3 Å². The van der Waals surface area contributed by atoms with Crippen LogP contribution >= 0.6 is 0 Å². The maximum Gasteiger partial charge on any atom is 0.254 e. The number of amides is 1. The highest BCUT2D eigenvalue weighted by atomic mass is 16.2. The first-order valence-electron chi connectivity index (χ1n) is 10.3. The zero-order valence-electron chi connectivity index (χ0n) is 16.1. The molecule has 2 aromatic rings. The van der Waals surface area contributed by atoms with Crippen LogP contribution in [0.15, 0.2) is 41.5 Å². The van der Waals surface area contributed by atoms with E-state index in [-0.39, 0.29) is 16.9 Å². The predicted molar refractivity (Wildman–Crippen MR) is 105 cm³/mol. The summed E-state index contributed by atoms with van der Waals surface area (Å²) in [6.45, 7) is 3.84. The number of aromatic amines is 1. The Morgan fingerprint density at radius 3 is 3.00 bits per heavy atom. The second kappa shape index (κ2) is 6.85. The summed E-state index contributed by atoms with van der Waals surface area (Å²) in [5, 5.41) is 0. The molecular formula is C22H26N4O2. The Morgan fingerprint density at radius 1 is 1.29 bits per heavy atom. The molecule has 0 bridgehead atoms. The number of nitrogens with one attached hydrogen (secondary N) is 1. The van der Waals surface area contributed by atoms with Gasteiger partial charge in [0, 0.05) is 31.7 Å². The molecule has 1 saturated carbocycles. The minimum atomic E-state index is -0.256. The first-order valence-corrected chi connectivity index (χ1v) is 10.3. The molecule has 3 heterocycles. The summed E-state index contributed by atoms with van der Waals surface area (Å²) in [5.74, 6) is 0.718. The van der Waals surface area contributed by atoms with Gasteiger partial charge in [-0.3, -0.25) is 14.5 Å². The van der Waals surface area contributed by atoms with E-state index in [2.05, 4.69) is 39.1 Å². The molecule has 1 aliphatic carbocycles. The second-order valence-electron chi connectivity index (χ2n) is 8.53. The molecule has 28 heavy (non-hydrogen) atoms. The van der Waals surface area contributed by atoms with E-state index in [1.807, 2.05) is 11.0 Å². The molecule has 6 heteroatoms. The van der Waals surface area contributed by atoms with Gasteiger partial charge in [0.1, 0.15) is 0 Å². The third kappa shape index (κ3) is 2.87. The summed E-state index contributed by atoms with van der Waals surface area (Å²) in [7, 11) is 0. The molecule has 1 amide bonds. The topological polar surface area (TPSA) is 69.3 Å². The van der Waals surface area contributed by atoms with Gasteiger partial charge in [0.15, 0.2) is 0 Å². The van der Waals surface area contributed by atoms with Crippen molar-refractivity contribution in [2.45, 2.75) is 38.8 Å². The molecule has 1 aromatic heterocycles. The largest absolute Gasteiger partial charge is 0.336 e. The Labute approximate surface area is 164 Å². The van der Waals surface area contributed by atoms with E-state index in [4.69, 9.17) is 0 Å². The predicted octanol–water partition coefficient (Wildman–Crippen LogP) is 1.96. The van der Waals surface area contributed by atoms with E-state index in [1.165, 1.54) is 11.9 Å². The van der Waals surface area contributed by atoms with Crippen LogP contribution in [-0.4, -0.2) is 45.3 Å². The van der Waals surface area contributed by atoms with Crippen LogP contribution in [0, 0.1) is 11.3 Å². The van der Waals surface area contributed by atoms with Gasteiger partial charge < -0.3 is 9.88 Å². The molecule has 146 valence electrons. The lowest BCUT2D eigenvalue weighted by Crippen LogP contribution is -2.49. The van der Waals surface area contributed by atoms with Gasteiger partial charge in [-0.25, -0.2) is 4.98 Å². The highest BCUT2D eigenvalue weighted by molar-refractivity contribution is 5.84. The van der Waals surface area contributed by atoms with Crippen molar-refractivity contribution in [1.82, 2.24) is 19.8 Å². The number of likely N-dealkylation sites (tertiary alicyclic amines) is 1. The number of carbonyl (C=O) groups is 1. The number of hydrogen-bond donors (Lipinski definition) is 1. The van der Waals surface area contributed by atoms with Gasteiger partial charge in [0.25, 0.3) is 5.56 Å². The Balaban J connectivity index is 1.35. The SMILES string of the molecule is O=C(N1CCc2c(nc[nH]c2=O)C1)[C@@]12CCC[C@@H]1CN(Cc1ccccc1)C2. The van der Waals surface area contributed by atoms with E-state index in [1.54, 1.807) is 0 Å². The van der Waals surface area contributed by atoms with Crippen LogP contribution in [-0.2, 0) is 24.3 Å². The average molecular weight is 378 g/mol. The Hall–Kier alpha value is -2.47. The summed E-state index contributed by atoms with van der Waals surface area (Å²) >= 11 is 0. The van der Waals surface area contributed by atoms with E-state index < -0.39 is 0 Å². The van der Waals surface area contributed by atoms with Gasteiger partial charge in [-0.2, -0.15) is 0 Å². The summed E-state index contributed by atoms with van der Waals surface area (Å²) in [5.41, 5.74) is 2.48. The Kier molecular flexibility index (Phi) is 4.31. The molecule has 1 aromatic carbocycles. The minimum absolute atomic E-state index is 0.0658. The molecule has 2 fully saturated rings. The monoisotopic (exact) mass is 378 g/mol. The number of carbonyl (C=O) groups excluding carboxylic acids is 1. The lowest BCUT2D eigenvalue weighted by molar-refractivity contribution is -0.144. The molecule has 5 rings (SSSR count). The Bertz CT molecular complexity index is 941. The fourth-order valence-electron chi connectivity index (χ4n) is 5.56. The van der Waals surface area contributed by atoms with Gasteiger partial charge >= 0.3 is 0 Å². The van der Waals surface area contributed by atoms with Crippen LogP contribution in [0.4, 0.5) is 0 Å². The average Bonchev–Trinajstić information content (AvgIpc) is 3.26. The fraction of sp³-hybridized carbons (Fsp3) is 0.500. The molecule has 1 saturated heterocycles. The van der Waals surface area contributed by atoms with Gasteiger partial charge in [0.05, 0.1) is 24.0 Å². The number of H-pyrrole nitrogens is 1. The van der Waals surface area contributed by atoms with Gasteiger partial charge in [-0.1, -0.05) is 36.8 Å². The third-order valence-corrected chi connectivity index (χ3v) is 6.91. The van der Waals surface area contributed by atoms with Crippen molar-refractivity contribution in [3.8, 4) is 0 Å². The maximum atomic E-state index is 13.7. The van der Waals surface area contributed by atoms with Crippen molar-refractivity contribution in [3.63, 3.8) is 0 Å². The van der Waals surface area contributed by atoms with Crippen molar-refractivity contribution >= 4 is 5.91 Å². The molecule has 0 spiro atoms. The van der Waals surface area contributed by atoms with Crippen molar-refractivity contribution in [3.05, 3.63) is 63.8 Å². The number of aromatic nitrogens is 2. The van der Waals surface area contributed by atoms with Gasteiger partial charge in [-0.05, 0) is 30.7 Å². The summed E-state index contributed by atoms with van der Waals surface area (Å²) in [4.78, 5) is 37.1. The fourth-order valence-corrected chi connectivity index (χ4v) is 5.56. The van der Waals surface area contributed by atoms with Crippen molar-refractivity contribution in [1.29, 1.82) is 0 Å². The molecule has 2 atom stereocenters. The van der Waals surface area contributed by atoms with E-state index in [0.29, 0.717) is 25.4 Å².